The highest BCUT2D eigenvalue weighted by Crippen LogP contribution is 2.11. The Hall–Kier alpha value is -1.63. The Bertz CT molecular complexity index is 430. The molecule has 22 heavy (non-hydrogen) atoms. The minimum absolute atomic E-state index is 0.0361. The highest BCUT2D eigenvalue weighted by molar-refractivity contribution is 5.91. The Labute approximate surface area is 131 Å². The fourth-order valence-corrected chi connectivity index (χ4v) is 2.21. The van der Waals surface area contributed by atoms with Crippen LogP contribution in [0.4, 0.5) is 4.79 Å². The first-order chi connectivity index (χ1) is 10.1. The molecule has 1 aliphatic heterocycles. The van der Waals surface area contributed by atoms with Crippen molar-refractivity contribution in [1.82, 2.24) is 10.2 Å². The number of hydrogen-bond acceptors (Lipinski definition) is 6. The zero-order chi connectivity index (χ0) is 16.9. The number of rotatable bonds is 5. The monoisotopic (exact) mass is 314 g/mol. The molecule has 2 unspecified atom stereocenters. The second-order valence-electron chi connectivity index (χ2n) is 6.61. The van der Waals surface area contributed by atoms with E-state index in [-0.39, 0.29) is 24.4 Å². The summed E-state index contributed by atoms with van der Waals surface area (Å²) in [5.74, 6) is -0.347. The van der Waals surface area contributed by atoms with Gasteiger partial charge in [0.25, 0.3) is 0 Å². The Morgan fingerprint density at radius 1 is 1.41 bits per heavy atom. The van der Waals surface area contributed by atoms with Crippen LogP contribution in [0.1, 0.15) is 41.0 Å². The van der Waals surface area contributed by atoms with Gasteiger partial charge in [-0.15, -0.1) is 0 Å². The maximum absolute atomic E-state index is 11.9. The smallest absolute Gasteiger partial charge is 0.408 e. The molecule has 1 heterocycles. The number of alkyl carbamates (subject to hydrolysis) is 1. The summed E-state index contributed by atoms with van der Waals surface area (Å²) in [6, 6.07) is -0.543. The Kier molecular flexibility index (Phi) is 6.34. The van der Waals surface area contributed by atoms with Crippen LogP contribution in [0.5, 0.6) is 0 Å². The van der Waals surface area contributed by atoms with Crippen LogP contribution in [0.3, 0.4) is 0 Å². The lowest BCUT2D eigenvalue weighted by Gasteiger charge is -2.21. The maximum Gasteiger partial charge on any atom is 0.408 e. The summed E-state index contributed by atoms with van der Waals surface area (Å²) in [4.78, 5) is 36.4. The molecule has 0 aromatic heterocycles. The molecule has 0 aliphatic carbocycles. The van der Waals surface area contributed by atoms with Gasteiger partial charge in [-0.3, -0.25) is 14.5 Å². The molecule has 0 aromatic carbocycles. The minimum atomic E-state index is -0.592. The van der Waals surface area contributed by atoms with E-state index in [1.165, 1.54) is 6.92 Å². The van der Waals surface area contributed by atoms with Crippen molar-refractivity contribution in [2.75, 3.05) is 19.6 Å². The molecule has 1 rings (SSSR count). The zero-order valence-corrected chi connectivity index (χ0v) is 14.0. The summed E-state index contributed by atoms with van der Waals surface area (Å²) in [6.07, 6.45) is -0.127. The molecule has 1 fully saturated rings. The van der Waals surface area contributed by atoms with E-state index in [0.29, 0.717) is 19.5 Å². The van der Waals surface area contributed by atoms with Gasteiger partial charge in [0.15, 0.2) is 5.78 Å². The number of amides is 1. The average Bonchev–Trinajstić information content (AvgIpc) is 2.64. The molecule has 1 amide bonds. The lowest BCUT2D eigenvalue weighted by Crippen LogP contribution is -2.43. The second-order valence-corrected chi connectivity index (χ2v) is 6.61. The summed E-state index contributed by atoms with van der Waals surface area (Å²) in [5, 5.41) is 2.60. The molecule has 1 saturated heterocycles. The molecule has 2 atom stereocenters. The van der Waals surface area contributed by atoms with Gasteiger partial charge >= 0.3 is 12.1 Å². The third kappa shape index (κ3) is 6.89. The van der Waals surface area contributed by atoms with Crippen LogP contribution in [0.2, 0.25) is 0 Å². The van der Waals surface area contributed by atoms with Crippen LogP contribution in [0, 0.1) is 0 Å². The second kappa shape index (κ2) is 7.58. The molecule has 126 valence electrons. The molecule has 1 aliphatic rings. The topological polar surface area (TPSA) is 84.9 Å². The molecule has 7 heteroatoms. The number of carbonyl (C=O) groups is 3. The summed E-state index contributed by atoms with van der Waals surface area (Å²) < 4.78 is 10.2. The van der Waals surface area contributed by atoms with Gasteiger partial charge in [-0.2, -0.15) is 0 Å². The van der Waals surface area contributed by atoms with Crippen molar-refractivity contribution in [2.45, 2.75) is 58.8 Å². The molecule has 0 spiro atoms. The van der Waals surface area contributed by atoms with Gasteiger partial charge in [0, 0.05) is 20.0 Å². The van der Waals surface area contributed by atoms with Gasteiger partial charge in [0.05, 0.1) is 6.54 Å². The number of ketones is 1. The number of esters is 1. The van der Waals surface area contributed by atoms with E-state index in [0.717, 1.165) is 0 Å². The maximum atomic E-state index is 11.9. The molecule has 0 bridgehead atoms. The van der Waals surface area contributed by atoms with E-state index in [4.69, 9.17) is 9.47 Å². The van der Waals surface area contributed by atoms with Gasteiger partial charge in [-0.1, -0.05) is 0 Å². The predicted molar refractivity (Wildman–Crippen MR) is 80.4 cm³/mol. The van der Waals surface area contributed by atoms with E-state index < -0.39 is 17.7 Å². The molecular weight excluding hydrogens is 288 g/mol. The van der Waals surface area contributed by atoms with Crippen molar-refractivity contribution in [2.24, 2.45) is 0 Å². The van der Waals surface area contributed by atoms with E-state index >= 15 is 0 Å². The van der Waals surface area contributed by atoms with Gasteiger partial charge in [0.2, 0.25) is 0 Å². The van der Waals surface area contributed by atoms with Crippen LogP contribution in [0.15, 0.2) is 0 Å². The summed E-state index contributed by atoms with van der Waals surface area (Å²) in [6.45, 7) is 9.86. The van der Waals surface area contributed by atoms with Crippen molar-refractivity contribution < 1.29 is 23.9 Å². The average molecular weight is 314 g/mol. The third-order valence-electron chi connectivity index (χ3n) is 3.12. The number of Topliss-reactive ketones (excluding diaryl/α,β-unsaturated/α-hetero) is 1. The first kappa shape index (κ1) is 18.4. The van der Waals surface area contributed by atoms with Gasteiger partial charge in [-0.25, -0.2) is 4.79 Å². The Morgan fingerprint density at radius 2 is 2.05 bits per heavy atom. The van der Waals surface area contributed by atoms with E-state index in [2.05, 4.69) is 5.32 Å². The van der Waals surface area contributed by atoms with Crippen molar-refractivity contribution in [3.63, 3.8) is 0 Å². The summed E-state index contributed by atoms with van der Waals surface area (Å²) in [5.41, 5.74) is -0.592. The predicted octanol–water partition coefficient (Wildman–Crippen LogP) is 1.11. The molecule has 1 N–H and O–H groups in total. The molecule has 0 saturated carbocycles. The van der Waals surface area contributed by atoms with Crippen molar-refractivity contribution in [3.05, 3.63) is 0 Å². The number of ether oxygens (including phenoxy) is 2. The quantitative estimate of drug-likeness (QED) is 0.765. The fraction of sp³-hybridized carbons (Fsp3) is 0.800. The molecule has 0 aromatic rings. The van der Waals surface area contributed by atoms with E-state index in [9.17, 15) is 14.4 Å². The van der Waals surface area contributed by atoms with Gasteiger partial charge in [-0.05, 0) is 34.1 Å². The largest absolute Gasteiger partial charge is 0.463 e. The van der Waals surface area contributed by atoms with Crippen LogP contribution in [-0.4, -0.2) is 60.1 Å². The number of nitrogens with one attached hydrogen (secondary N) is 1. The number of hydrogen-bond donors (Lipinski definition) is 1. The van der Waals surface area contributed by atoms with Crippen LogP contribution < -0.4 is 5.32 Å². The number of carbonyl (C=O) groups excluding carboxylic acids is 3. The lowest BCUT2D eigenvalue weighted by molar-refractivity contribution is -0.145. The standard InChI is InChI=1S/C15H26N2O5/c1-10(21-11(2)18)6-7-17-8-12(13(19)9-17)16-14(20)22-15(3,4)5/h10,12H,6-9H2,1-5H3,(H,16,20). The van der Waals surface area contributed by atoms with E-state index in [1.54, 1.807) is 20.8 Å². The van der Waals surface area contributed by atoms with Crippen LogP contribution in [0.25, 0.3) is 0 Å². The summed E-state index contributed by atoms with van der Waals surface area (Å²) >= 11 is 0. The zero-order valence-electron chi connectivity index (χ0n) is 14.0. The Balaban J connectivity index is 2.37. The van der Waals surface area contributed by atoms with Crippen molar-refractivity contribution >= 4 is 17.8 Å². The van der Waals surface area contributed by atoms with Crippen molar-refractivity contribution in [3.8, 4) is 0 Å². The minimum Gasteiger partial charge on any atom is -0.463 e. The highest BCUT2D eigenvalue weighted by atomic mass is 16.6. The first-order valence-corrected chi connectivity index (χ1v) is 7.48. The Morgan fingerprint density at radius 3 is 2.59 bits per heavy atom. The normalized spacial score (nSPS) is 20.6. The van der Waals surface area contributed by atoms with Gasteiger partial charge in [0.1, 0.15) is 17.7 Å². The van der Waals surface area contributed by atoms with Gasteiger partial charge < -0.3 is 14.8 Å². The fourth-order valence-electron chi connectivity index (χ4n) is 2.21. The van der Waals surface area contributed by atoms with E-state index in [1.807, 2.05) is 11.8 Å². The number of likely N-dealkylation sites (tertiary alicyclic amines) is 1. The lowest BCUT2D eigenvalue weighted by atomic mass is 10.2. The van der Waals surface area contributed by atoms with Crippen LogP contribution >= 0.6 is 0 Å². The molecule has 7 nitrogen and oxygen atoms in total. The third-order valence-corrected chi connectivity index (χ3v) is 3.12. The first-order valence-electron chi connectivity index (χ1n) is 7.48. The SMILES string of the molecule is CC(=O)OC(C)CCN1CC(=O)C(NC(=O)OC(C)(C)C)C1. The van der Waals surface area contributed by atoms with Crippen molar-refractivity contribution in [1.29, 1.82) is 0 Å². The van der Waals surface area contributed by atoms with Crippen LogP contribution in [-0.2, 0) is 19.1 Å². The highest BCUT2D eigenvalue weighted by Gasteiger charge is 2.33. The number of nitrogens with zero attached hydrogens (tertiary/aromatic N) is 1. The molecular formula is C15H26N2O5. The molecule has 0 radical (unpaired) electrons. The summed E-state index contributed by atoms with van der Waals surface area (Å²) in [7, 11) is 0.